The number of aliphatic hydroxyl groups excluding tert-OH is 1. The summed E-state index contributed by atoms with van der Waals surface area (Å²) in [5.74, 6) is -0.682. The van der Waals surface area contributed by atoms with Crippen LogP contribution in [0.3, 0.4) is 0 Å². The second-order valence-electron chi connectivity index (χ2n) is 6.44. The van der Waals surface area contributed by atoms with E-state index in [0.29, 0.717) is 42.8 Å². The van der Waals surface area contributed by atoms with Crippen LogP contribution in [0.1, 0.15) is 30.8 Å². The van der Waals surface area contributed by atoms with Crippen LogP contribution >= 0.6 is 0 Å². The molecule has 1 aromatic carbocycles. The number of aliphatic hydroxyl groups is 1. The molecule has 0 aliphatic carbocycles. The Morgan fingerprint density at radius 1 is 1.35 bits per heavy atom. The Hall–Kier alpha value is -2.87. The first-order chi connectivity index (χ1) is 12.6. The van der Waals surface area contributed by atoms with Gasteiger partial charge in [0.05, 0.1) is 36.1 Å². The van der Waals surface area contributed by atoms with E-state index in [1.807, 2.05) is 17.7 Å². The summed E-state index contributed by atoms with van der Waals surface area (Å²) in [4.78, 5) is 26.5. The number of nitrogens with zero attached hydrogens (tertiary/aromatic N) is 4. The zero-order chi connectivity index (χ0) is 18.3. The summed E-state index contributed by atoms with van der Waals surface area (Å²) in [6, 6.07) is 8.89. The fourth-order valence-corrected chi connectivity index (χ4v) is 3.27. The van der Waals surface area contributed by atoms with Crippen LogP contribution in [0.25, 0.3) is 11.1 Å². The molecule has 0 unspecified atom stereocenters. The van der Waals surface area contributed by atoms with Crippen molar-refractivity contribution in [1.29, 1.82) is 0 Å². The summed E-state index contributed by atoms with van der Waals surface area (Å²) >= 11 is 0. The molecule has 1 amide bonds. The third kappa shape index (κ3) is 2.82. The zero-order valence-corrected chi connectivity index (χ0v) is 14.5. The molecule has 1 N–H and O–H groups in total. The third-order valence-electron chi connectivity index (χ3n) is 4.76. The number of hydrogen-bond acceptors (Lipinski definition) is 5. The van der Waals surface area contributed by atoms with Gasteiger partial charge < -0.3 is 14.4 Å². The standard InChI is InChI=1S/C18H20N4O4/c1-2-15(23)13-9-12-10-20(7-8-22(12)19-13)17(24)11-21-14-5-3-4-6-16(14)26-18(21)25/h3-6,9,15,23H,2,7-8,10-11H2,1H3/t15-/m1/s1. The van der Waals surface area contributed by atoms with Crippen LogP contribution in [-0.4, -0.2) is 36.8 Å². The quantitative estimate of drug-likeness (QED) is 0.760. The van der Waals surface area contributed by atoms with Crippen LogP contribution in [0.2, 0.25) is 0 Å². The smallest absolute Gasteiger partial charge is 0.408 e. The van der Waals surface area contributed by atoms with Crippen LogP contribution in [0.5, 0.6) is 0 Å². The molecule has 136 valence electrons. The van der Waals surface area contributed by atoms with Crippen molar-refractivity contribution in [2.75, 3.05) is 6.54 Å². The minimum atomic E-state index is -0.590. The lowest BCUT2D eigenvalue weighted by molar-refractivity contribution is -0.133. The highest BCUT2D eigenvalue weighted by Crippen LogP contribution is 2.20. The van der Waals surface area contributed by atoms with Crippen molar-refractivity contribution in [3.8, 4) is 0 Å². The van der Waals surface area contributed by atoms with Crippen LogP contribution in [0, 0.1) is 0 Å². The molecule has 0 saturated carbocycles. The first-order valence-corrected chi connectivity index (χ1v) is 8.67. The van der Waals surface area contributed by atoms with Gasteiger partial charge in [-0.1, -0.05) is 19.1 Å². The van der Waals surface area contributed by atoms with Crippen molar-refractivity contribution in [3.63, 3.8) is 0 Å². The van der Waals surface area contributed by atoms with Gasteiger partial charge in [0.25, 0.3) is 0 Å². The van der Waals surface area contributed by atoms with Crippen LogP contribution < -0.4 is 5.76 Å². The number of carbonyl (C=O) groups excluding carboxylic acids is 1. The van der Waals surface area contributed by atoms with Gasteiger partial charge in [-0.05, 0) is 24.6 Å². The molecule has 26 heavy (non-hydrogen) atoms. The molecule has 8 heteroatoms. The van der Waals surface area contributed by atoms with E-state index < -0.39 is 11.9 Å². The number of fused-ring (bicyclic) bond motifs is 2. The first kappa shape index (κ1) is 16.6. The number of rotatable bonds is 4. The van der Waals surface area contributed by atoms with Crippen LogP contribution in [-0.2, 0) is 24.4 Å². The van der Waals surface area contributed by atoms with E-state index in [4.69, 9.17) is 4.42 Å². The van der Waals surface area contributed by atoms with Crippen molar-refractivity contribution < 1.29 is 14.3 Å². The summed E-state index contributed by atoms with van der Waals surface area (Å²) in [5.41, 5.74) is 2.60. The van der Waals surface area contributed by atoms with E-state index in [1.165, 1.54) is 4.57 Å². The minimum absolute atomic E-state index is 0.0611. The van der Waals surface area contributed by atoms with E-state index >= 15 is 0 Å². The highest BCUT2D eigenvalue weighted by Gasteiger charge is 2.24. The number of oxazole rings is 1. The molecule has 4 rings (SSSR count). The predicted octanol–water partition coefficient (Wildman–Crippen LogP) is 1.28. The summed E-state index contributed by atoms with van der Waals surface area (Å²) < 4.78 is 8.37. The summed E-state index contributed by atoms with van der Waals surface area (Å²) in [7, 11) is 0. The second kappa shape index (κ2) is 6.45. The molecule has 8 nitrogen and oxygen atoms in total. The van der Waals surface area contributed by atoms with Crippen LogP contribution in [0.15, 0.2) is 39.5 Å². The second-order valence-corrected chi connectivity index (χ2v) is 6.44. The molecule has 3 heterocycles. The van der Waals surface area contributed by atoms with E-state index in [2.05, 4.69) is 5.10 Å². The van der Waals surface area contributed by atoms with Gasteiger partial charge in [-0.25, -0.2) is 4.79 Å². The van der Waals surface area contributed by atoms with Crippen molar-refractivity contribution in [3.05, 3.63) is 52.3 Å². The lowest BCUT2D eigenvalue weighted by Crippen LogP contribution is -2.41. The average Bonchev–Trinajstić information content (AvgIpc) is 3.21. The maximum atomic E-state index is 12.7. The molecule has 0 spiro atoms. The first-order valence-electron chi connectivity index (χ1n) is 8.67. The molecule has 1 atom stereocenters. The molecule has 2 aromatic heterocycles. The fraction of sp³-hybridized carbons (Fsp3) is 0.389. The maximum Gasteiger partial charge on any atom is 0.420 e. The third-order valence-corrected chi connectivity index (χ3v) is 4.76. The van der Waals surface area contributed by atoms with Crippen molar-refractivity contribution in [2.24, 2.45) is 0 Å². The average molecular weight is 356 g/mol. The Balaban J connectivity index is 1.53. The van der Waals surface area contributed by atoms with Crippen molar-refractivity contribution in [1.82, 2.24) is 19.2 Å². The number of benzene rings is 1. The normalized spacial score (nSPS) is 15.2. The van der Waals surface area contributed by atoms with Gasteiger partial charge in [-0.2, -0.15) is 5.10 Å². The Labute approximate surface area is 149 Å². The predicted molar refractivity (Wildman–Crippen MR) is 93.4 cm³/mol. The molecule has 1 aliphatic rings. The highest BCUT2D eigenvalue weighted by molar-refractivity contribution is 5.79. The molecular formula is C18H20N4O4. The number of para-hydroxylation sites is 2. The highest BCUT2D eigenvalue weighted by atomic mass is 16.4. The fourth-order valence-electron chi connectivity index (χ4n) is 3.27. The minimum Gasteiger partial charge on any atom is -0.408 e. The Bertz CT molecular complexity index is 1020. The van der Waals surface area contributed by atoms with Gasteiger partial charge >= 0.3 is 5.76 Å². The van der Waals surface area contributed by atoms with E-state index in [1.54, 1.807) is 29.2 Å². The van der Waals surface area contributed by atoms with Crippen molar-refractivity contribution in [2.45, 2.75) is 39.1 Å². The summed E-state index contributed by atoms with van der Waals surface area (Å²) in [6.07, 6.45) is 0.00314. The Morgan fingerprint density at radius 3 is 2.96 bits per heavy atom. The number of hydrogen-bond donors (Lipinski definition) is 1. The lowest BCUT2D eigenvalue weighted by atomic mass is 10.2. The molecule has 0 fully saturated rings. The van der Waals surface area contributed by atoms with Gasteiger partial charge in [-0.3, -0.25) is 14.0 Å². The molecule has 3 aromatic rings. The largest absolute Gasteiger partial charge is 0.420 e. The topological polar surface area (TPSA) is 93.5 Å². The van der Waals surface area contributed by atoms with E-state index in [-0.39, 0.29) is 12.5 Å². The van der Waals surface area contributed by atoms with E-state index in [0.717, 1.165) is 5.69 Å². The lowest BCUT2D eigenvalue weighted by Gasteiger charge is -2.27. The Kier molecular flexibility index (Phi) is 4.12. The number of amides is 1. The number of aromatic nitrogens is 3. The van der Waals surface area contributed by atoms with Crippen molar-refractivity contribution >= 4 is 17.0 Å². The van der Waals surface area contributed by atoms with Gasteiger partial charge in [0.1, 0.15) is 6.54 Å². The summed E-state index contributed by atoms with van der Waals surface area (Å²) in [5, 5.41) is 14.4. The zero-order valence-electron chi connectivity index (χ0n) is 14.5. The molecule has 0 radical (unpaired) electrons. The van der Waals surface area contributed by atoms with Gasteiger partial charge in [0.15, 0.2) is 5.58 Å². The Morgan fingerprint density at radius 2 is 2.15 bits per heavy atom. The monoisotopic (exact) mass is 356 g/mol. The molecule has 0 bridgehead atoms. The van der Waals surface area contributed by atoms with Gasteiger partial charge in [0, 0.05) is 6.54 Å². The van der Waals surface area contributed by atoms with E-state index in [9.17, 15) is 14.7 Å². The van der Waals surface area contributed by atoms with Gasteiger partial charge in [0.2, 0.25) is 5.91 Å². The number of carbonyl (C=O) groups is 1. The maximum absolute atomic E-state index is 12.7. The molecule has 0 saturated heterocycles. The molecule has 1 aliphatic heterocycles. The molecular weight excluding hydrogens is 336 g/mol. The van der Waals surface area contributed by atoms with Gasteiger partial charge in [-0.15, -0.1) is 0 Å². The van der Waals surface area contributed by atoms with Crippen LogP contribution in [0.4, 0.5) is 0 Å². The summed E-state index contributed by atoms with van der Waals surface area (Å²) in [6.45, 7) is 3.32. The SMILES string of the molecule is CC[C@@H](O)c1cc2n(n1)CCN(C(=O)Cn1c(=O)oc3ccccc31)C2.